The summed E-state index contributed by atoms with van der Waals surface area (Å²) in [6.45, 7) is 4.48. The molecule has 0 amide bonds. The van der Waals surface area contributed by atoms with E-state index >= 15 is 0 Å². The van der Waals surface area contributed by atoms with Gasteiger partial charge < -0.3 is 14.2 Å². The van der Waals surface area contributed by atoms with E-state index in [9.17, 15) is 4.79 Å². The Labute approximate surface area is 183 Å². The van der Waals surface area contributed by atoms with E-state index in [1.54, 1.807) is 0 Å². The van der Waals surface area contributed by atoms with E-state index in [1.165, 1.54) is 58.5 Å². The summed E-state index contributed by atoms with van der Waals surface area (Å²) in [6.07, 6.45) is 13.7. The first-order valence-corrected chi connectivity index (χ1v) is 12.1. The zero-order valence-corrected chi connectivity index (χ0v) is 19.3. The molecular formula is C26H42O4. The normalized spacial score (nSPS) is 22.6. The number of rotatable bonds is 14. The Morgan fingerprint density at radius 3 is 2.00 bits per heavy atom. The number of carbonyl (C=O) groups excluding carboxylic acids is 1. The van der Waals surface area contributed by atoms with Gasteiger partial charge in [-0.05, 0) is 31.2 Å². The highest BCUT2D eigenvalue weighted by atomic mass is 16.6. The average Bonchev–Trinajstić information content (AvgIpc) is 2.78. The lowest BCUT2D eigenvalue weighted by atomic mass is 9.94. The van der Waals surface area contributed by atoms with Gasteiger partial charge in [0.15, 0.2) is 6.10 Å². The van der Waals surface area contributed by atoms with Crippen LogP contribution < -0.4 is 0 Å². The van der Waals surface area contributed by atoms with E-state index in [0.717, 1.165) is 31.2 Å². The third kappa shape index (κ3) is 8.77. The van der Waals surface area contributed by atoms with Gasteiger partial charge in [0.05, 0.1) is 25.4 Å². The van der Waals surface area contributed by atoms with Crippen LogP contribution in [0.5, 0.6) is 0 Å². The van der Waals surface area contributed by atoms with Crippen LogP contribution in [0.1, 0.15) is 103 Å². The molecule has 1 saturated heterocycles. The molecular weight excluding hydrogens is 376 g/mol. The quantitative estimate of drug-likeness (QED) is 0.247. The van der Waals surface area contributed by atoms with Gasteiger partial charge in [-0.25, -0.2) is 4.79 Å². The molecule has 1 aliphatic heterocycles. The van der Waals surface area contributed by atoms with Crippen LogP contribution >= 0.6 is 0 Å². The summed E-state index contributed by atoms with van der Waals surface area (Å²) in [6, 6.07) is 9.69. The Hall–Kier alpha value is -1.39. The van der Waals surface area contributed by atoms with Crippen molar-refractivity contribution < 1.29 is 19.0 Å². The maximum absolute atomic E-state index is 12.5. The molecule has 0 N–H and O–H groups in total. The topological polar surface area (TPSA) is 44.8 Å². The molecule has 0 radical (unpaired) electrons. The number of unbranched alkanes of at least 4 members (excludes halogenated alkanes) is 6. The molecule has 0 aromatic heterocycles. The molecule has 2 rings (SSSR count). The summed E-state index contributed by atoms with van der Waals surface area (Å²) in [5.41, 5.74) is 0.856. The second kappa shape index (κ2) is 14.6. The smallest absolute Gasteiger partial charge is 0.339 e. The van der Waals surface area contributed by atoms with Gasteiger partial charge in [0.1, 0.15) is 0 Å². The molecule has 0 spiro atoms. The molecule has 1 fully saturated rings. The highest BCUT2D eigenvalue weighted by Gasteiger charge is 2.33. The fourth-order valence-corrected chi connectivity index (χ4v) is 4.34. The van der Waals surface area contributed by atoms with Crippen molar-refractivity contribution in [2.75, 3.05) is 7.11 Å². The third-order valence-corrected chi connectivity index (χ3v) is 6.04. The van der Waals surface area contributed by atoms with Crippen LogP contribution in [0.25, 0.3) is 0 Å². The molecule has 4 nitrogen and oxygen atoms in total. The van der Waals surface area contributed by atoms with Gasteiger partial charge in [-0.1, -0.05) is 95.5 Å². The van der Waals surface area contributed by atoms with Crippen molar-refractivity contribution in [1.82, 2.24) is 0 Å². The maximum atomic E-state index is 12.5. The second-order valence-electron chi connectivity index (χ2n) is 8.62. The number of esters is 1. The first kappa shape index (κ1) is 24.9. The van der Waals surface area contributed by atoms with Crippen molar-refractivity contribution in [3.05, 3.63) is 35.9 Å². The van der Waals surface area contributed by atoms with Crippen molar-refractivity contribution in [2.24, 2.45) is 0 Å². The molecule has 1 aliphatic rings. The minimum atomic E-state index is -0.666. The minimum Gasteiger partial charge on any atom is -0.467 e. The van der Waals surface area contributed by atoms with Crippen molar-refractivity contribution in [3.63, 3.8) is 0 Å². The Kier molecular flexibility index (Phi) is 12.1. The second-order valence-corrected chi connectivity index (χ2v) is 8.62. The monoisotopic (exact) mass is 418 g/mol. The summed E-state index contributed by atoms with van der Waals surface area (Å²) in [5, 5.41) is 0. The van der Waals surface area contributed by atoms with Gasteiger partial charge in [0.2, 0.25) is 0 Å². The van der Waals surface area contributed by atoms with Crippen LogP contribution in [0.4, 0.5) is 0 Å². The van der Waals surface area contributed by atoms with E-state index in [4.69, 9.17) is 14.2 Å². The Bertz CT molecular complexity index is 554. The van der Waals surface area contributed by atoms with E-state index in [0.29, 0.717) is 0 Å². The van der Waals surface area contributed by atoms with Crippen LogP contribution in [0.3, 0.4) is 0 Å². The summed E-state index contributed by atoms with van der Waals surface area (Å²) < 4.78 is 17.9. The molecule has 0 aliphatic carbocycles. The average molecular weight is 419 g/mol. The van der Waals surface area contributed by atoms with Crippen molar-refractivity contribution in [2.45, 2.75) is 115 Å². The number of carbonyl (C=O) groups is 1. The standard InChI is InChI=1S/C26H42O4/c1-4-6-8-13-17-22-19-24(20-23(29-22)18-14-9-7-5-2)30-25(26(27)28-3)21-15-11-10-12-16-21/h10-12,15-16,22-25H,4-9,13-14,17-20H2,1-3H3/t22-,23+,24?,25?. The summed E-state index contributed by atoms with van der Waals surface area (Å²) in [7, 11) is 1.43. The van der Waals surface area contributed by atoms with E-state index < -0.39 is 6.10 Å². The van der Waals surface area contributed by atoms with Crippen LogP contribution in [-0.2, 0) is 19.0 Å². The first-order chi connectivity index (χ1) is 14.7. The minimum absolute atomic E-state index is 0.0235. The Balaban J connectivity index is 2.01. The van der Waals surface area contributed by atoms with Gasteiger partial charge in [0, 0.05) is 0 Å². The predicted molar refractivity (Wildman–Crippen MR) is 121 cm³/mol. The van der Waals surface area contributed by atoms with E-state index in [-0.39, 0.29) is 24.3 Å². The fourth-order valence-electron chi connectivity index (χ4n) is 4.34. The first-order valence-electron chi connectivity index (χ1n) is 12.1. The summed E-state index contributed by atoms with van der Waals surface area (Å²) in [4.78, 5) is 12.5. The Morgan fingerprint density at radius 1 is 0.933 bits per heavy atom. The molecule has 30 heavy (non-hydrogen) atoms. The molecule has 170 valence electrons. The van der Waals surface area contributed by atoms with Crippen molar-refractivity contribution in [1.29, 1.82) is 0 Å². The highest BCUT2D eigenvalue weighted by Crippen LogP contribution is 2.32. The maximum Gasteiger partial charge on any atom is 0.339 e. The zero-order chi connectivity index (χ0) is 21.6. The molecule has 0 saturated carbocycles. The lowest BCUT2D eigenvalue weighted by molar-refractivity contribution is -0.172. The van der Waals surface area contributed by atoms with Crippen LogP contribution in [0, 0.1) is 0 Å². The van der Waals surface area contributed by atoms with Crippen LogP contribution in [-0.4, -0.2) is 31.4 Å². The highest BCUT2D eigenvalue weighted by molar-refractivity contribution is 5.76. The summed E-state index contributed by atoms with van der Waals surface area (Å²) >= 11 is 0. The van der Waals surface area contributed by atoms with E-state index in [2.05, 4.69) is 13.8 Å². The van der Waals surface area contributed by atoms with Gasteiger partial charge >= 0.3 is 5.97 Å². The number of hydrogen-bond acceptors (Lipinski definition) is 4. The molecule has 0 bridgehead atoms. The molecule has 1 aromatic carbocycles. The van der Waals surface area contributed by atoms with Crippen LogP contribution in [0.2, 0.25) is 0 Å². The van der Waals surface area contributed by atoms with Crippen LogP contribution in [0.15, 0.2) is 30.3 Å². The number of methoxy groups -OCH3 is 1. The predicted octanol–water partition coefficient (Wildman–Crippen LogP) is 6.77. The number of benzene rings is 1. The van der Waals surface area contributed by atoms with Gasteiger partial charge in [-0.3, -0.25) is 0 Å². The lowest BCUT2D eigenvalue weighted by Crippen LogP contribution is -2.38. The SMILES string of the molecule is CCCCCC[C@@H]1CC(OC(C(=O)OC)c2ccccc2)C[C@H](CCCCCC)O1. The van der Waals surface area contributed by atoms with Gasteiger partial charge in [-0.15, -0.1) is 0 Å². The van der Waals surface area contributed by atoms with Crippen molar-refractivity contribution in [3.8, 4) is 0 Å². The lowest BCUT2D eigenvalue weighted by Gasteiger charge is -2.37. The third-order valence-electron chi connectivity index (χ3n) is 6.04. The largest absolute Gasteiger partial charge is 0.467 e. The Morgan fingerprint density at radius 2 is 1.50 bits per heavy atom. The van der Waals surface area contributed by atoms with Gasteiger partial charge in [-0.2, -0.15) is 0 Å². The van der Waals surface area contributed by atoms with Crippen molar-refractivity contribution >= 4 is 5.97 Å². The zero-order valence-electron chi connectivity index (χ0n) is 19.3. The number of ether oxygens (including phenoxy) is 3. The van der Waals surface area contributed by atoms with Gasteiger partial charge in [0.25, 0.3) is 0 Å². The molecule has 1 aromatic rings. The number of hydrogen-bond donors (Lipinski definition) is 0. The molecule has 2 unspecified atom stereocenters. The molecule has 1 heterocycles. The molecule has 4 atom stereocenters. The fraction of sp³-hybridized carbons (Fsp3) is 0.731. The summed E-state index contributed by atoms with van der Waals surface area (Å²) in [5.74, 6) is -0.327. The molecule has 4 heteroatoms. The van der Waals surface area contributed by atoms with E-state index in [1.807, 2.05) is 30.3 Å².